The van der Waals surface area contributed by atoms with Crippen LogP contribution in [0.3, 0.4) is 0 Å². The van der Waals surface area contributed by atoms with Crippen molar-refractivity contribution in [2.75, 3.05) is 32.8 Å². The number of aryl methyl sites for hydroxylation is 1. The summed E-state index contributed by atoms with van der Waals surface area (Å²) in [6.45, 7) is 6.22. The second-order valence-electron chi connectivity index (χ2n) is 9.21. The van der Waals surface area contributed by atoms with Gasteiger partial charge in [-0.05, 0) is 86.8 Å². The van der Waals surface area contributed by atoms with Crippen LogP contribution < -0.4 is 9.47 Å². The highest BCUT2D eigenvalue weighted by molar-refractivity contribution is 5.81. The summed E-state index contributed by atoms with van der Waals surface area (Å²) < 4.78 is 25.2. The zero-order valence-corrected chi connectivity index (χ0v) is 21.0. The van der Waals surface area contributed by atoms with E-state index in [0.717, 1.165) is 42.1 Å². The van der Waals surface area contributed by atoms with E-state index in [0.29, 0.717) is 37.6 Å². The lowest BCUT2D eigenvalue weighted by Gasteiger charge is -2.26. The number of carbonyl (C=O) groups is 1. The maximum absolute atomic E-state index is 13.4. The minimum atomic E-state index is -0.280. The van der Waals surface area contributed by atoms with Crippen molar-refractivity contribution in [2.45, 2.75) is 45.4 Å². The van der Waals surface area contributed by atoms with Crippen LogP contribution in [0.2, 0.25) is 0 Å². The molecule has 0 N–H and O–H groups in total. The molecule has 1 aromatic heterocycles. The molecule has 5 nitrogen and oxygen atoms in total. The number of benzene rings is 2. The summed E-state index contributed by atoms with van der Waals surface area (Å²) in [6.07, 6.45) is 4.86. The lowest BCUT2D eigenvalue weighted by Crippen LogP contribution is -2.33. The maximum Gasteiger partial charge on any atom is 0.221 e. The smallest absolute Gasteiger partial charge is 0.221 e. The second kappa shape index (κ2) is 13.2. The summed E-state index contributed by atoms with van der Waals surface area (Å²) in [7, 11) is 0. The average Bonchev–Trinajstić information content (AvgIpc) is 2.89. The van der Waals surface area contributed by atoms with Crippen molar-refractivity contribution >= 4 is 5.78 Å². The molecular formula is C30H35FN2O3. The van der Waals surface area contributed by atoms with Gasteiger partial charge in [0.05, 0.1) is 12.3 Å². The summed E-state index contributed by atoms with van der Waals surface area (Å²) in [5.41, 5.74) is 3.39. The van der Waals surface area contributed by atoms with Crippen LogP contribution in [0.15, 0.2) is 60.7 Å². The fourth-order valence-electron chi connectivity index (χ4n) is 4.53. The van der Waals surface area contributed by atoms with Gasteiger partial charge in [-0.3, -0.25) is 9.69 Å². The molecule has 1 aliphatic heterocycles. The van der Waals surface area contributed by atoms with Gasteiger partial charge in [0.1, 0.15) is 24.0 Å². The van der Waals surface area contributed by atoms with Gasteiger partial charge in [0, 0.05) is 24.9 Å². The Morgan fingerprint density at radius 2 is 1.81 bits per heavy atom. The van der Waals surface area contributed by atoms with Crippen LogP contribution in [0, 0.1) is 5.82 Å². The normalized spacial score (nSPS) is 13.9. The van der Waals surface area contributed by atoms with Crippen LogP contribution >= 0.6 is 0 Å². The van der Waals surface area contributed by atoms with E-state index in [2.05, 4.69) is 4.90 Å². The highest BCUT2D eigenvalue weighted by Crippen LogP contribution is 2.30. The molecule has 2 heterocycles. The number of ether oxygens (including phenoxy) is 2. The minimum absolute atomic E-state index is 0.0693. The van der Waals surface area contributed by atoms with Crippen LogP contribution in [0.4, 0.5) is 4.39 Å². The SMILES string of the molecule is CCOc1ccc(-c2ccc(CC(=O)CCc3cccc(F)c3)nc2OCCN2CCCCC2)cc1. The predicted octanol–water partition coefficient (Wildman–Crippen LogP) is 5.90. The molecule has 1 fully saturated rings. The van der Waals surface area contributed by atoms with Crippen molar-refractivity contribution in [3.8, 4) is 22.8 Å². The van der Waals surface area contributed by atoms with E-state index in [1.54, 1.807) is 6.07 Å². The van der Waals surface area contributed by atoms with Gasteiger partial charge in [0.2, 0.25) is 5.88 Å². The fraction of sp³-hybridized carbons (Fsp3) is 0.400. The van der Waals surface area contributed by atoms with Crippen molar-refractivity contribution < 1.29 is 18.7 Å². The predicted molar refractivity (Wildman–Crippen MR) is 140 cm³/mol. The standard InChI is InChI=1S/C30H35FN2O3/c1-2-35-28-14-10-24(11-15-28)29-16-12-26(22-27(34)13-9-23-7-6-8-25(31)21-23)32-30(29)36-20-19-33-17-4-3-5-18-33/h6-8,10-12,14-16,21H,2-5,9,13,17-20,22H2,1H3. The van der Waals surface area contributed by atoms with Gasteiger partial charge in [0.15, 0.2) is 0 Å². The Balaban J connectivity index is 1.45. The third-order valence-corrected chi connectivity index (χ3v) is 6.45. The van der Waals surface area contributed by atoms with Gasteiger partial charge in [-0.1, -0.05) is 30.7 Å². The molecule has 0 saturated carbocycles. The largest absolute Gasteiger partial charge is 0.494 e. The van der Waals surface area contributed by atoms with E-state index < -0.39 is 0 Å². The Bertz CT molecular complexity index is 1130. The first kappa shape index (κ1) is 25.8. The zero-order valence-electron chi connectivity index (χ0n) is 21.0. The number of likely N-dealkylation sites (tertiary alicyclic amines) is 1. The lowest BCUT2D eigenvalue weighted by molar-refractivity contribution is -0.118. The van der Waals surface area contributed by atoms with Crippen LogP contribution in [-0.2, 0) is 17.6 Å². The summed E-state index contributed by atoms with van der Waals surface area (Å²) in [6, 6.07) is 18.2. The van der Waals surface area contributed by atoms with Crippen molar-refractivity contribution in [3.05, 3.63) is 77.7 Å². The summed E-state index contributed by atoms with van der Waals surface area (Å²) in [5, 5.41) is 0. The number of hydrogen-bond acceptors (Lipinski definition) is 5. The lowest BCUT2D eigenvalue weighted by atomic mass is 10.0. The van der Waals surface area contributed by atoms with E-state index in [9.17, 15) is 9.18 Å². The third kappa shape index (κ3) is 7.62. The number of pyridine rings is 1. The molecule has 36 heavy (non-hydrogen) atoms. The summed E-state index contributed by atoms with van der Waals surface area (Å²) in [5.74, 6) is 1.16. The number of aromatic nitrogens is 1. The quantitative estimate of drug-likeness (QED) is 0.317. The van der Waals surface area contributed by atoms with Crippen molar-refractivity contribution in [1.29, 1.82) is 0 Å². The molecule has 0 aliphatic carbocycles. The van der Waals surface area contributed by atoms with Gasteiger partial charge in [-0.15, -0.1) is 0 Å². The van der Waals surface area contributed by atoms with Gasteiger partial charge >= 0.3 is 0 Å². The molecule has 0 radical (unpaired) electrons. The number of halogens is 1. The molecule has 0 unspecified atom stereocenters. The second-order valence-corrected chi connectivity index (χ2v) is 9.21. The Hall–Kier alpha value is -3.25. The Kier molecular flexibility index (Phi) is 9.45. The van der Waals surface area contributed by atoms with Crippen molar-refractivity contribution in [3.63, 3.8) is 0 Å². The van der Waals surface area contributed by atoms with Gasteiger partial charge in [-0.2, -0.15) is 0 Å². The number of nitrogens with zero attached hydrogens (tertiary/aromatic N) is 2. The zero-order chi connectivity index (χ0) is 25.2. The van der Waals surface area contributed by atoms with Crippen molar-refractivity contribution in [1.82, 2.24) is 9.88 Å². The molecule has 3 aromatic rings. The molecule has 6 heteroatoms. The summed E-state index contributed by atoms with van der Waals surface area (Å²) >= 11 is 0. The molecular weight excluding hydrogens is 455 g/mol. The first-order valence-electron chi connectivity index (χ1n) is 12.9. The Morgan fingerprint density at radius 3 is 2.56 bits per heavy atom. The molecule has 0 spiro atoms. The highest BCUT2D eigenvalue weighted by Gasteiger charge is 2.15. The van der Waals surface area contributed by atoms with Crippen LogP contribution in [0.25, 0.3) is 11.1 Å². The number of carbonyl (C=O) groups excluding carboxylic acids is 1. The number of hydrogen-bond donors (Lipinski definition) is 0. The average molecular weight is 491 g/mol. The van der Waals surface area contributed by atoms with E-state index >= 15 is 0 Å². The number of ketones is 1. The van der Waals surface area contributed by atoms with E-state index in [1.807, 2.05) is 49.4 Å². The van der Waals surface area contributed by atoms with E-state index in [1.165, 1.54) is 31.4 Å². The molecule has 1 saturated heterocycles. The number of rotatable bonds is 12. The molecule has 0 amide bonds. The Morgan fingerprint density at radius 1 is 1.00 bits per heavy atom. The topological polar surface area (TPSA) is 51.7 Å². The first-order chi connectivity index (χ1) is 17.6. The van der Waals surface area contributed by atoms with E-state index in [4.69, 9.17) is 14.5 Å². The van der Waals surface area contributed by atoms with Crippen LogP contribution in [0.5, 0.6) is 11.6 Å². The summed E-state index contributed by atoms with van der Waals surface area (Å²) in [4.78, 5) is 19.8. The van der Waals surface area contributed by atoms with E-state index in [-0.39, 0.29) is 18.0 Å². The minimum Gasteiger partial charge on any atom is -0.494 e. The van der Waals surface area contributed by atoms with Crippen LogP contribution in [0.1, 0.15) is 43.9 Å². The molecule has 190 valence electrons. The number of Topliss-reactive ketones (excluding diaryl/α,β-unsaturated/α-hetero) is 1. The molecule has 0 bridgehead atoms. The third-order valence-electron chi connectivity index (χ3n) is 6.45. The monoisotopic (exact) mass is 490 g/mol. The van der Waals surface area contributed by atoms with Gasteiger partial charge in [-0.25, -0.2) is 9.37 Å². The molecule has 0 atom stereocenters. The highest BCUT2D eigenvalue weighted by atomic mass is 19.1. The van der Waals surface area contributed by atoms with Gasteiger partial charge < -0.3 is 9.47 Å². The molecule has 1 aliphatic rings. The first-order valence-corrected chi connectivity index (χ1v) is 12.9. The van der Waals surface area contributed by atoms with Crippen LogP contribution in [-0.4, -0.2) is 48.5 Å². The molecule has 2 aromatic carbocycles. The Labute approximate surface area is 213 Å². The van der Waals surface area contributed by atoms with Crippen molar-refractivity contribution in [2.24, 2.45) is 0 Å². The molecule has 4 rings (SSSR count). The fourth-order valence-corrected chi connectivity index (χ4v) is 4.53. The maximum atomic E-state index is 13.4. The van der Waals surface area contributed by atoms with Gasteiger partial charge in [0.25, 0.3) is 0 Å². The number of piperidine rings is 1.